The van der Waals surface area contributed by atoms with Gasteiger partial charge >= 0.3 is 6.03 Å². The second-order valence-electron chi connectivity index (χ2n) is 4.92. The number of amides is 1. The van der Waals surface area contributed by atoms with Crippen LogP contribution in [0.2, 0.25) is 0 Å². The Morgan fingerprint density at radius 2 is 2.05 bits per heavy atom. The average molecular weight is 302 g/mol. The van der Waals surface area contributed by atoms with Gasteiger partial charge in [0.25, 0.3) is 5.16 Å². The van der Waals surface area contributed by atoms with Crippen LogP contribution in [0.15, 0.2) is 11.5 Å². The lowest BCUT2D eigenvalue weighted by Gasteiger charge is -2.20. The first-order valence-electron chi connectivity index (χ1n) is 6.75. The van der Waals surface area contributed by atoms with Gasteiger partial charge in [-0.15, -0.1) is 5.10 Å². The maximum atomic E-state index is 12.2. The van der Waals surface area contributed by atoms with Gasteiger partial charge in [0.15, 0.2) is 0 Å². The minimum absolute atomic E-state index is 0.0873. The summed E-state index contributed by atoms with van der Waals surface area (Å²) in [5.41, 5.74) is 0. The monoisotopic (exact) mass is 302 g/mol. The van der Waals surface area contributed by atoms with E-state index in [9.17, 15) is 13.2 Å². The smallest absolute Gasteiger partial charge is 0.323 e. The molecule has 0 spiro atoms. The molecule has 1 aromatic heterocycles. The van der Waals surface area contributed by atoms with Crippen molar-refractivity contribution in [3.05, 3.63) is 6.33 Å². The molecule has 0 radical (unpaired) electrons. The van der Waals surface area contributed by atoms with Crippen LogP contribution in [-0.4, -0.2) is 53.0 Å². The van der Waals surface area contributed by atoms with E-state index < -0.39 is 9.84 Å². The molecule has 0 aliphatic heterocycles. The zero-order chi connectivity index (χ0) is 15.3. The highest BCUT2D eigenvalue weighted by atomic mass is 32.2. The van der Waals surface area contributed by atoms with Crippen LogP contribution in [0.1, 0.15) is 34.1 Å². The lowest BCUT2D eigenvalue weighted by molar-refractivity contribution is 0.195. The lowest BCUT2D eigenvalue weighted by atomic mass is 10.1. The van der Waals surface area contributed by atoms with E-state index in [1.54, 1.807) is 4.90 Å². The van der Waals surface area contributed by atoms with Crippen molar-refractivity contribution in [1.29, 1.82) is 0 Å². The normalized spacial score (nSPS) is 11.8. The summed E-state index contributed by atoms with van der Waals surface area (Å²) in [4.78, 5) is 17.5. The van der Waals surface area contributed by atoms with Crippen molar-refractivity contribution in [2.45, 2.75) is 39.3 Å². The van der Waals surface area contributed by atoms with Gasteiger partial charge in [0.1, 0.15) is 6.33 Å². The fourth-order valence-corrected chi connectivity index (χ4v) is 2.24. The highest BCUT2D eigenvalue weighted by Gasteiger charge is 2.21. The van der Waals surface area contributed by atoms with Crippen molar-refractivity contribution in [3.63, 3.8) is 0 Å². The fraction of sp³-hybridized carbons (Fsp3) is 0.750. The van der Waals surface area contributed by atoms with E-state index in [2.05, 4.69) is 23.9 Å². The van der Waals surface area contributed by atoms with Crippen LogP contribution in [-0.2, 0) is 9.84 Å². The third-order valence-corrected chi connectivity index (χ3v) is 4.46. The molecule has 7 nitrogen and oxygen atoms in total. The summed E-state index contributed by atoms with van der Waals surface area (Å²) in [6.07, 6.45) is 2.04. The second kappa shape index (κ2) is 6.83. The summed E-state index contributed by atoms with van der Waals surface area (Å²) in [6.45, 7) is 8.71. The summed E-state index contributed by atoms with van der Waals surface area (Å²) in [7, 11) is -3.48. The number of aromatic nitrogens is 3. The minimum Gasteiger partial charge on any atom is -0.323 e. The van der Waals surface area contributed by atoms with Gasteiger partial charge in [-0.3, -0.25) is 0 Å². The van der Waals surface area contributed by atoms with Gasteiger partial charge in [0.2, 0.25) is 9.84 Å². The number of sulfone groups is 1. The van der Waals surface area contributed by atoms with E-state index in [1.165, 1.54) is 6.92 Å². The molecule has 0 aliphatic carbocycles. The Morgan fingerprint density at radius 3 is 2.55 bits per heavy atom. The number of carbonyl (C=O) groups is 1. The quantitative estimate of drug-likeness (QED) is 0.793. The largest absolute Gasteiger partial charge is 0.346 e. The first kappa shape index (κ1) is 16.6. The molecule has 1 aromatic rings. The molecule has 0 aromatic carbocycles. The van der Waals surface area contributed by atoms with E-state index in [4.69, 9.17) is 0 Å². The Hall–Kier alpha value is -1.44. The van der Waals surface area contributed by atoms with E-state index in [1.807, 2.05) is 6.92 Å². The average Bonchev–Trinajstić information content (AvgIpc) is 2.89. The van der Waals surface area contributed by atoms with Crippen LogP contribution >= 0.6 is 0 Å². The number of hydrogen-bond acceptors (Lipinski definition) is 5. The van der Waals surface area contributed by atoms with Crippen LogP contribution in [0.5, 0.6) is 0 Å². The second-order valence-corrected chi connectivity index (χ2v) is 7.09. The Morgan fingerprint density at radius 1 is 1.40 bits per heavy atom. The molecule has 0 atom stereocenters. The van der Waals surface area contributed by atoms with Crippen molar-refractivity contribution in [1.82, 2.24) is 19.7 Å². The molecular formula is C12H22N4O3S. The molecule has 0 saturated heterocycles. The maximum Gasteiger partial charge on any atom is 0.346 e. The van der Waals surface area contributed by atoms with Crippen molar-refractivity contribution >= 4 is 15.9 Å². The topological polar surface area (TPSA) is 85.2 Å². The molecule has 1 amide bonds. The predicted molar refractivity (Wildman–Crippen MR) is 75.2 cm³/mol. The van der Waals surface area contributed by atoms with Crippen LogP contribution in [0.25, 0.3) is 0 Å². The predicted octanol–water partition coefficient (Wildman–Crippen LogP) is 1.41. The first-order chi connectivity index (χ1) is 9.31. The third kappa shape index (κ3) is 4.03. The summed E-state index contributed by atoms with van der Waals surface area (Å²) >= 11 is 0. The first-order valence-corrected chi connectivity index (χ1v) is 8.40. The van der Waals surface area contributed by atoms with Gasteiger partial charge in [-0.1, -0.05) is 20.8 Å². The fourth-order valence-electron chi connectivity index (χ4n) is 1.56. The van der Waals surface area contributed by atoms with Crippen molar-refractivity contribution < 1.29 is 13.2 Å². The van der Waals surface area contributed by atoms with Crippen molar-refractivity contribution in [3.8, 4) is 0 Å². The molecular weight excluding hydrogens is 280 g/mol. The molecule has 0 saturated carbocycles. The molecule has 0 bridgehead atoms. The summed E-state index contributed by atoms with van der Waals surface area (Å²) in [5, 5.41) is 3.48. The molecule has 114 valence electrons. The van der Waals surface area contributed by atoms with Crippen molar-refractivity contribution in [2.75, 3.05) is 18.8 Å². The molecule has 20 heavy (non-hydrogen) atoms. The van der Waals surface area contributed by atoms with Gasteiger partial charge in [-0.2, -0.15) is 4.68 Å². The van der Waals surface area contributed by atoms with Crippen molar-refractivity contribution in [2.24, 2.45) is 5.92 Å². The van der Waals surface area contributed by atoms with Gasteiger partial charge in [0.05, 0.1) is 5.75 Å². The van der Waals surface area contributed by atoms with E-state index in [0.717, 1.165) is 17.4 Å². The minimum atomic E-state index is -3.48. The number of hydrogen-bond donors (Lipinski definition) is 0. The molecule has 0 aliphatic rings. The van der Waals surface area contributed by atoms with E-state index >= 15 is 0 Å². The highest BCUT2D eigenvalue weighted by Crippen LogP contribution is 2.06. The van der Waals surface area contributed by atoms with Crippen LogP contribution in [0.3, 0.4) is 0 Å². The molecule has 1 rings (SSSR count). The van der Waals surface area contributed by atoms with E-state index in [-0.39, 0.29) is 16.9 Å². The molecule has 0 unspecified atom stereocenters. The Bertz CT molecular complexity index is 551. The van der Waals surface area contributed by atoms with Crippen LogP contribution < -0.4 is 0 Å². The lowest BCUT2D eigenvalue weighted by Crippen LogP contribution is -2.36. The summed E-state index contributed by atoms with van der Waals surface area (Å²) in [5.74, 6) is 0.402. The Kier molecular flexibility index (Phi) is 5.67. The molecule has 0 fully saturated rings. The number of rotatable bonds is 6. The molecule has 0 N–H and O–H groups in total. The SMILES string of the molecule is CCN(CCC(C)C)C(=O)n1cnc(S(=O)(=O)CC)n1. The summed E-state index contributed by atoms with van der Waals surface area (Å²) in [6, 6.07) is -0.349. The zero-order valence-corrected chi connectivity index (χ0v) is 13.2. The summed E-state index contributed by atoms with van der Waals surface area (Å²) < 4.78 is 24.2. The maximum absolute atomic E-state index is 12.2. The highest BCUT2D eigenvalue weighted by molar-refractivity contribution is 7.91. The zero-order valence-electron chi connectivity index (χ0n) is 12.4. The number of nitrogens with zero attached hydrogens (tertiary/aromatic N) is 4. The third-order valence-electron chi connectivity index (χ3n) is 2.95. The van der Waals surface area contributed by atoms with E-state index in [0.29, 0.717) is 19.0 Å². The molecule has 8 heteroatoms. The van der Waals surface area contributed by atoms with Gasteiger partial charge in [-0.25, -0.2) is 18.2 Å². The molecule has 1 heterocycles. The van der Waals surface area contributed by atoms with Gasteiger partial charge in [0, 0.05) is 13.1 Å². The standard InChI is InChI=1S/C12H22N4O3S/c1-5-15(8-7-10(3)4)12(17)16-9-13-11(14-16)20(18,19)6-2/h9-10H,5-8H2,1-4H3. The van der Waals surface area contributed by atoms with Crippen LogP contribution in [0.4, 0.5) is 4.79 Å². The Balaban J connectivity index is 2.86. The van der Waals surface area contributed by atoms with Gasteiger partial charge < -0.3 is 4.90 Å². The van der Waals surface area contributed by atoms with Crippen LogP contribution in [0, 0.1) is 5.92 Å². The number of carbonyl (C=O) groups excluding carboxylic acids is 1. The van der Waals surface area contributed by atoms with Gasteiger partial charge in [-0.05, 0) is 19.3 Å². The Labute approximate surface area is 119 Å².